The van der Waals surface area contributed by atoms with Crippen LogP contribution in [-0.4, -0.2) is 13.1 Å². The minimum atomic E-state index is 1.08. The van der Waals surface area contributed by atoms with E-state index in [4.69, 9.17) is 0 Å². The van der Waals surface area contributed by atoms with Crippen LogP contribution in [0.3, 0.4) is 0 Å². The van der Waals surface area contributed by atoms with Crippen LogP contribution in [0.4, 0.5) is 0 Å². The van der Waals surface area contributed by atoms with E-state index in [1.54, 1.807) is 0 Å². The highest BCUT2D eigenvalue weighted by Crippen LogP contribution is 2.31. The van der Waals surface area contributed by atoms with E-state index in [0.717, 1.165) is 5.92 Å². The van der Waals surface area contributed by atoms with Crippen LogP contribution in [0.1, 0.15) is 44.9 Å². The molecule has 1 N–H and O–H groups in total. The summed E-state index contributed by atoms with van der Waals surface area (Å²) in [6, 6.07) is 0. The van der Waals surface area contributed by atoms with E-state index >= 15 is 0 Å². The molecule has 0 unspecified atom stereocenters. The molecule has 1 rings (SSSR count). The predicted molar refractivity (Wildman–Crippen MR) is 58.9 cm³/mol. The van der Waals surface area contributed by atoms with Crippen LogP contribution in [0.5, 0.6) is 0 Å². The SMILES string of the molecule is C=CCCCCCNCCC1CC1. The first-order valence-electron chi connectivity index (χ1n) is 5.75. The molecule has 0 aliphatic heterocycles. The summed E-state index contributed by atoms with van der Waals surface area (Å²) < 4.78 is 0. The maximum Gasteiger partial charge on any atom is -0.00463 e. The van der Waals surface area contributed by atoms with Crippen LogP contribution in [0, 0.1) is 5.92 Å². The van der Waals surface area contributed by atoms with Crippen LogP contribution >= 0.6 is 0 Å². The van der Waals surface area contributed by atoms with Crippen molar-refractivity contribution in [3.05, 3.63) is 12.7 Å². The third kappa shape index (κ3) is 6.83. The first-order chi connectivity index (χ1) is 6.43. The first kappa shape index (κ1) is 10.8. The van der Waals surface area contributed by atoms with Gasteiger partial charge in [-0.2, -0.15) is 0 Å². The van der Waals surface area contributed by atoms with Gasteiger partial charge in [-0.3, -0.25) is 0 Å². The van der Waals surface area contributed by atoms with Gasteiger partial charge in [-0.25, -0.2) is 0 Å². The summed E-state index contributed by atoms with van der Waals surface area (Å²) in [6.45, 7) is 6.17. The van der Waals surface area contributed by atoms with Crippen LogP contribution < -0.4 is 5.32 Å². The Morgan fingerprint density at radius 1 is 1.15 bits per heavy atom. The van der Waals surface area contributed by atoms with Gasteiger partial charge in [0, 0.05) is 0 Å². The molecule has 0 radical (unpaired) electrons. The van der Waals surface area contributed by atoms with Crippen LogP contribution in [0.25, 0.3) is 0 Å². The third-order valence-corrected chi connectivity index (χ3v) is 2.69. The fourth-order valence-corrected chi connectivity index (χ4v) is 1.55. The van der Waals surface area contributed by atoms with Crippen molar-refractivity contribution in [3.8, 4) is 0 Å². The summed E-state index contributed by atoms with van der Waals surface area (Å²) in [5, 5.41) is 3.51. The zero-order valence-corrected chi connectivity index (χ0v) is 8.73. The molecule has 1 heteroatoms. The molecule has 13 heavy (non-hydrogen) atoms. The maximum absolute atomic E-state index is 3.72. The van der Waals surface area contributed by atoms with Crippen LogP contribution in [0.2, 0.25) is 0 Å². The fraction of sp³-hybridized carbons (Fsp3) is 0.833. The molecule has 76 valence electrons. The Balaban J connectivity index is 1.65. The average Bonchev–Trinajstić information content (AvgIpc) is 2.93. The summed E-state index contributed by atoms with van der Waals surface area (Å²) in [7, 11) is 0. The molecule has 0 aromatic heterocycles. The Labute approximate surface area is 82.6 Å². The number of unbranched alkanes of at least 4 members (excludes halogenated alkanes) is 3. The van der Waals surface area contributed by atoms with E-state index in [1.807, 2.05) is 6.08 Å². The van der Waals surface area contributed by atoms with Crippen molar-refractivity contribution in [1.29, 1.82) is 0 Å². The lowest BCUT2D eigenvalue weighted by Gasteiger charge is -2.02. The second kappa shape index (κ2) is 7.14. The summed E-state index contributed by atoms with van der Waals surface area (Å²) in [5.41, 5.74) is 0. The summed E-state index contributed by atoms with van der Waals surface area (Å²) >= 11 is 0. The van der Waals surface area contributed by atoms with Crippen molar-refractivity contribution in [1.82, 2.24) is 5.32 Å². The molecule has 0 spiro atoms. The van der Waals surface area contributed by atoms with Crippen molar-refractivity contribution < 1.29 is 0 Å². The van der Waals surface area contributed by atoms with Gasteiger partial charge in [-0.15, -0.1) is 6.58 Å². The van der Waals surface area contributed by atoms with E-state index in [9.17, 15) is 0 Å². The average molecular weight is 181 g/mol. The van der Waals surface area contributed by atoms with Crippen LogP contribution in [0.15, 0.2) is 12.7 Å². The van der Waals surface area contributed by atoms with Crippen LogP contribution in [-0.2, 0) is 0 Å². The standard InChI is InChI=1S/C12H23N/c1-2-3-4-5-6-10-13-11-9-12-7-8-12/h2,12-13H,1,3-11H2. The van der Waals surface area contributed by atoms with Gasteiger partial charge in [0.25, 0.3) is 0 Å². The molecule has 0 aromatic carbocycles. The van der Waals surface area contributed by atoms with E-state index < -0.39 is 0 Å². The maximum atomic E-state index is 3.72. The Kier molecular flexibility index (Phi) is 5.92. The van der Waals surface area contributed by atoms with E-state index in [1.165, 1.54) is 58.0 Å². The molecule has 1 fully saturated rings. The Morgan fingerprint density at radius 2 is 2.00 bits per heavy atom. The molecular weight excluding hydrogens is 158 g/mol. The molecular formula is C12H23N. The summed E-state index contributed by atoms with van der Waals surface area (Å²) in [6.07, 6.45) is 11.6. The smallest absolute Gasteiger partial charge is 0.00463 e. The second-order valence-electron chi connectivity index (χ2n) is 4.12. The van der Waals surface area contributed by atoms with Gasteiger partial charge in [0.15, 0.2) is 0 Å². The van der Waals surface area contributed by atoms with E-state index in [0.29, 0.717) is 0 Å². The van der Waals surface area contributed by atoms with Gasteiger partial charge in [-0.05, 0) is 44.7 Å². The zero-order chi connectivity index (χ0) is 9.36. The van der Waals surface area contributed by atoms with Gasteiger partial charge < -0.3 is 5.32 Å². The monoisotopic (exact) mass is 181 g/mol. The van der Waals surface area contributed by atoms with Crippen molar-refractivity contribution >= 4 is 0 Å². The third-order valence-electron chi connectivity index (χ3n) is 2.69. The molecule has 0 saturated heterocycles. The minimum absolute atomic E-state index is 1.08. The lowest BCUT2D eigenvalue weighted by atomic mass is 10.2. The highest BCUT2D eigenvalue weighted by Gasteiger charge is 2.19. The molecule has 1 nitrogen and oxygen atoms in total. The number of hydrogen-bond acceptors (Lipinski definition) is 1. The zero-order valence-electron chi connectivity index (χ0n) is 8.73. The lowest BCUT2D eigenvalue weighted by Crippen LogP contribution is -2.16. The number of nitrogens with one attached hydrogen (secondary N) is 1. The van der Waals surface area contributed by atoms with E-state index in [2.05, 4.69) is 11.9 Å². The largest absolute Gasteiger partial charge is 0.317 e. The van der Waals surface area contributed by atoms with Crippen molar-refractivity contribution in [2.75, 3.05) is 13.1 Å². The summed E-state index contributed by atoms with van der Waals surface area (Å²) in [4.78, 5) is 0. The first-order valence-corrected chi connectivity index (χ1v) is 5.75. The molecule has 1 saturated carbocycles. The Bertz CT molecular complexity index is 127. The van der Waals surface area contributed by atoms with E-state index in [-0.39, 0.29) is 0 Å². The quantitative estimate of drug-likeness (QED) is 0.426. The van der Waals surface area contributed by atoms with Crippen molar-refractivity contribution in [2.24, 2.45) is 5.92 Å². The normalized spacial score (nSPS) is 16.0. The second-order valence-corrected chi connectivity index (χ2v) is 4.12. The van der Waals surface area contributed by atoms with Gasteiger partial charge in [0.05, 0.1) is 0 Å². The topological polar surface area (TPSA) is 12.0 Å². The van der Waals surface area contributed by atoms with Gasteiger partial charge in [-0.1, -0.05) is 25.3 Å². The highest BCUT2D eigenvalue weighted by molar-refractivity contribution is 4.73. The predicted octanol–water partition coefficient (Wildman–Crippen LogP) is 3.12. The fourth-order valence-electron chi connectivity index (χ4n) is 1.55. The molecule has 0 amide bonds. The molecule has 0 atom stereocenters. The Hall–Kier alpha value is -0.300. The number of rotatable bonds is 9. The molecule has 1 aliphatic rings. The molecule has 0 bridgehead atoms. The highest BCUT2D eigenvalue weighted by atomic mass is 14.8. The van der Waals surface area contributed by atoms with Gasteiger partial charge in [0.2, 0.25) is 0 Å². The molecule has 1 aliphatic carbocycles. The van der Waals surface area contributed by atoms with Crippen molar-refractivity contribution in [2.45, 2.75) is 44.9 Å². The number of allylic oxidation sites excluding steroid dienone is 1. The molecule has 0 aromatic rings. The summed E-state index contributed by atoms with van der Waals surface area (Å²) in [5.74, 6) is 1.08. The van der Waals surface area contributed by atoms with Gasteiger partial charge >= 0.3 is 0 Å². The van der Waals surface area contributed by atoms with Crippen molar-refractivity contribution in [3.63, 3.8) is 0 Å². The molecule has 0 heterocycles. The lowest BCUT2D eigenvalue weighted by molar-refractivity contribution is 0.573. The minimum Gasteiger partial charge on any atom is -0.317 e. The number of hydrogen-bond donors (Lipinski definition) is 1. The Morgan fingerprint density at radius 3 is 2.69 bits per heavy atom. The van der Waals surface area contributed by atoms with Gasteiger partial charge in [0.1, 0.15) is 0 Å².